The van der Waals surface area contributed by atoms with E-state index in [2.05, 4.69) is 5.32 Å². The van der Waals surface area contributed by atoms with E-state index in [1.807, 2.05) is 6.92 Å². The van der Waals surface area contributed by atoms with Crippen molar-refractivity contribution in [3.8, 4) is 5.75 Å². The largest absolute Gasteiger partial charge is 0.478 e. The number of nitrogens with zero attached hydrogens (tertiary/aromatic N) is 2. The summed E-state index contributed by atoms with van der Waals surface area (Å²) in [4.78, 5) is 37.4. The third-order valence-corrected chi connectivity index (χ3v) is 4.82. The number of aryl methyl sites for hydroxylation is 1. The molecule has 0 bridgehead atoms. The van der Waals surface area contributed by atoms with E-state index in [1.165, 1.54) is 23.1 Å². The van der Waals surface area contributed by atoms with Crippen LogP contribution < -0.4 is 15.0 Å². The van der Waals surface area contributed by atoms with Gasteiger partial charge in [-0.1, -0.05) is 31.5 Å². The molecule has 2 amide bonds. The molecular weight excluding hydrogens is 398 g/mol. The van der Waals surface area contributed by atoms with Gasteiger partial charge >= 0.3 is 0 Å². The fourth-order valence-corrected chi connectivity index (χ4v) is 3.21. The second-order valence-electron chi connectivity index (χ2n) is 7.12. The molecule has 29 heavy (non-hydrogen) atoms. The first-order chi connectivity index (χ1) is 13.7. The molecule has 2 aromatic rings. The van der Waals surface area contributed by atoms with E-state index in [1.54, 1.807) is 32.0 Å². The van der Waals surface area contributed by atoms with Crippen molar-refractivity contribution in [3.63, 3.8) is 0 Å². The van der Waals surface area contributed by atoms with Gasteiger partial charge in [-0.3, -0.25) is 24.6 Å². The predicted octanol–water partition coefficient (Wildman–Crippen LogP) is 3.95. The lowest BCUT2D eigenvalue weighted by Gasteiger charge is -2.35. The molecule has 0 aliphatic carbocycles. The number of fused-ring (bicyclic) bond motifs is 1. The van der Waals surface area contributed by atoms with Gasteiger partial charge in [0.15, 0.2) is 11.9 Å². The van der Waals surface area contributed by atoms with Crippen LogP contribution in [0, 0.1) is 23.0 Å². The minimum absolute atomic E-state index is 0.153. The number of amides is 2. The smallest absolute Gasteiger partial charge is 0.273 e. The van der Waals surface area contributed by atoms with Crippen LogP contribution in [0.5, 0.6) is 5.75 Å². The second-order valence-corrected chi connectivity index (χ2v) is 7.56. The van der Waals surface area contributed by atoms with Gasteiger partial charge < -0.3 is 10.1 Å². The van der Waals surface area contributed by atoms with Crippen molar-refractivity contribution >= 4 is 40.5 Å². The van der Waals surface area contributed by atoms with Gasteiger partial charge in [0, 0.05) is 16.8 Å². The number of nitrogens with one attached hydrogen (secondary N) is 1. The summed E-state index contributed by atoms with van der Waals surface area (Å²) in [7, 11) is 0. The zero-order valence-corrected chi connectivity index (χ0v) is 16.9. The molecule has 152 valence electrons. The Bertz CT molecular complexity index is 992. The molecule has 1 atom stereocenters. The predicted molar refractivity (Wildman–Crippen MR) is 110 cm³/mol. The van der Waals surface area contributed by atoms with Gasteiger partial charge in [0.05, 0.1) is 16.7 Å². The average Bonchev–Trinajstić information content (AvgIpc) is 2.66. The van der Waals surface area contributed by atoms with Crippen LogP contribution in [0.1, 0.15) is 19.4 Å². The lowest BCUT2D eigenvalue weighted by atomic mass is 10.0. The standard InChI is InChI=1S/C20H20ClN3O5/c1-11(2)19-20(26)23(16-7-6-14(24(27)28)9-17(16)29-19)10-18(25)22-15-8-13(21)5-4-12(15)3/h4-9,11,19H,10H2,1-3H3,(H,22,25). The Kier molecular flexibility index (Phi) is 5.74. The van der Waals surface area contributed by atoms with E-state index in [4.69, 9.17) is 16.3 Å². The van der Waals surface area contributed by atoms with Crippen molar-refractivity contribution in [2.75, 3.05) is 16.8 Å². The monoisotopic (exact) mass is 417 g/mol. The highest BCUT2D eigenvalue weighted by Crippen LogP contribution is 2.38. The number of non-ortho nitro benzene ring substituents is 1. The van der Waals surface area contributed by atoms with Crippen LogP contribution >= 0.6 is 11.6 Å². The van der Waals surface area contributed by atoms with Crippen LogP contribution in [-0.4, -0.2) is 29.4 Å². The molecule has 0 spiro atoms. The number of hydrogen-bond acceptors (Lipinski definition) is 5. The van der Waals surface area contributed by atoms with Gasteiger partial charge in [-0.05, 0) is 36.6 Å². The van der Waals surface area contributed by atoms with Gasteiger partial charge in [-0.2, -0.15) is 0 Å². The number of halogens is 1. The summed E-state index contributed by atoms with van der Waals surface area (Å²) in [5.74, 6) is -0.781. The van der Waals surface area contributed by atoms with Crippen LogP contribution in [-0.2, 0) is 9.59 Å². The summed E-state index contributed by atoms with van der Waals surface area (Å²) in [6.07, 6.45) is -0.842. The third-order valence-electron chi connectivity index (χ3n) is 4.59. The molecule has 3 rings (SSSR count). The van der Waals surface area contributed by atoms with Gasteiger partial charge in [0.1, 0.15) is 6.54 Å². The van der Waals surface area contributed by atoms with Crippen molar-refractivity contribution in [1.82, 2.24) is 0 Å². The maximum Gasteiger partial charge on any atom is 0.273 e. The van der Waals surface area contributed by atoms with Crippen molar-refractivity contribution in [3.05, 3.63) is 57.1 Å². The summed E-state index contributed by atoms with van der Waals surface area (Å²) in [6, 6.07) is 9.08. The van der Waals surface area contributed by atoms with E-state index >= 15 is 0 Å². The molecule has 0 saturated heterocycles. The summed E-state index contributed by atoms with van der Waals surface area (Å²) in [6.45, 7) is 5.17. The van der Waals surface area contributed by atoms with Crippen LogP contribution in [0.2, 0.25) is 5.02 Å². The Labute approximate surface area is 172 Å². The highest BCUT2D eigenvalue weighted by atomic mass is 35.5. The van der Waals surface area contributed by atoms with Gasteiger partial charge in [0.2, 0.25) is 5.91 Å². The number of carbonyl (C=O) groups excluding carboxylic acids is 2. The maximum atomic E-state index is 12.9. The SMILES string of the molecule is Cc1ccc(Cl)cc1NC(=O)CN1C(=O)C(C(C)C)Oc2cc([N+](=O)[O-])ccc21. The molecule has 1 heterocycles. The summed E-state index contributed by atoms with van der Waals surface area (Å²) in [5, 5.41) is 14.3. The Morgan fingerprint density at radius 1 is 1.31 bits per heavy atom. The number of nitro benzene ring substituents is 1. The Morgan fingerprint density at radius 3 is 2.69 bits per heavy atom. The molecule has 0 aromatic heterocycles. The van der Waals surface area contributed by atoms with Gasteiger partial charge in [-0.25, -0.2) is 0 Å². The molecule has 1 aliphatic rings. The molecule has 0 fully saturated rings. The van der Waals surface area contributed by atoms with Crippen molar-refractivity contribution in [1.29, 1.82) is 0 Å². The van der Waals surface area contributed by atoms with E-state index in [0.717, 1.165) is 5.56 Å². The Balaban J connectivity index is 1.90. The highest BCUT2D eigenvalue weighted by Gasteiger charge is 2.38. The van der Waals surface area contributed by atoms with Crippen molar-refractivity contribution < 1.29 is 19.2 Å². The fourth-order valence-electron chi connectivity index (χ4n) is 3.04. The maximum absolute atomic E-state index is 12.9. The summed E-state index contributed by atoms with van der Waals surface area (Å²) < 4.78 is 5.72. The average molecular weight is 418 g/mol. The molecule has 8 nitrogen and oxygen atoms in total. The minimum Gasteiger partial charge on any atom is -0.478 e. The second kappa shape index (κ2) is 8.08. The summed E-state index contributed by atoms with van der Waals surface area (Å²) in [5.41, 5.74) is 1.54. The lowest BCUT2D eigenvalue weighted by Crippen LogP contribution is -2.50. The van der Waals surface area contributed by atoms with E-state index in [0.29, 0.717) is 16.4 Å². The topological polar surface area (TPSA) is 102 Å². The van der Waals surface area contributed by atoms with Crippen LogP contribution in [0.3, 0.4) is 0 Å². The van der Waals surface area contributed by atoms with E-state index in [9.17, 15) is 19.7 Å². The number of benzene rings is 2. The fraction of sp³-hybridized carbons (Fsp3) is 0.300. The molecule has 1 N–H and O–H groups in total. The van der Waals surface area contributed by atoms with Crippen LogP contribution in [0.25, 0.3) is 0 Å². The van der Waals surface area contributed by atoms with E-state index < -0.39 is 16.9 Å². The first-order valence-corrected chi connectivity index (χ1v) is 9.37. The molecule has 1 aliphatic heterocycles. The number of carbonyl (C=O) groups is 2. The lowest BCUT2D eigenvalue weighted by molar-refractivity contribution is -0.384. The normalized spacial score (nSPS) is 15.7. The number of nitro groups is 1. The zero-order valence-electron chi connectivity index (χ0n) is 16.1. The molecule has 2 aromatic carbocycles. The Morgan fingerprint density at radius 2 is 2.03 bits per heavy atom. The van der Waals surface area contributed by atoms with Crippen molar-refractivity contribution in [2.24, 2.45) is 5.92 Å². The third kappa shape index (κ3) is 4.32. The minimum atomic E-state index is -0.842. The van der Waals surface area contributed by atoms with Crippen LogP contribution in [0.15, 0.2) is 36.4 Å². The number of rotatable bonds is 5. The number of anilines is 2. The number of ether oxygens (including phenoxy) is 1. The molecule has 1 unspecified atom stereocenters. The van der Waals surface area contributed by atoms with Crippen molar-refractivity contribution in [2.45, 2.75) is 26.9 Å². The Hall–Kier alpha value is -3.13. The molecular formula is C20H20ClN3O5. The van der Waals surface area contributed by atoms with Gasteiger partial charge in [0.25, 0.3) is 11.6 Å². The number of hydrogen-bond donors (Lipinski definition) is 1. The molecule has 9 heteroatoms. The van der Waals surface area contributed by atoms with E-state index in [-0.39, 0.29) is 29.8 Å². The quantitative estimate of drug-likeness (QED) is 0.586. The molecule has 0 radical (unpaired) electrons. The molecule has 0 saturated carbocycles. The van der Waals surface area contributed by atoms with Gasteiger partial charge in [-0.15, -0.1) is 0 Å². The first kappa shape index (κ1) is 20.6. The van der Waals surface area contributed by atoms with Crippen LogP contribution in [0.4, 0.5) is 17.1 Å². The first-order valence-electron chi connectivity index (χ1n) is 9.00. The highest BCUT2D eigenvalue weighted by molar-refractivity contribution is 6.31. The zero-order chi connectivity index (χ0) is 21.3. The summed E-state index contributed by atoms with van der Waals surface area (Å²) >= 11 is 5.99.